The molecule has 2 fully saturated rings. The van der Waals surface area contributed by atoms with Crippen LogP contribution in [0.15, 0.2) is 16.7 Å². The molecule has 0 unspecified atom stereocenters. The highest BCUT2D eigenvalue weighted by Crippen LogP contribution is 2.32. The number of piperazine rings is 1. The van der Waals surface area contributed by atoms with E-state index in [0.29, 0.717) is 37.1 Å². The first-order valence-corrected chi connectivity index (χ1v) is 13.1. The van der Waals surface area contributed by atoms with E-state index < -0.39 is 0 Å². The second-order valence-electron chi connectivity index (χ2n) is 9.37. The number of likely N-dealkylation sites (tertiary alicyclic amines) is 1. The van der Waals surface area contributed by atoms with Gasteiger partial charge in [0.25, 0.3) is 17.7 Å². The molecule has 0 aliphatic carbocycles. The molecule has 0 saturated carbocycles. The van der Waals surface area contributed by atoms with Crippen molar-refractivity contribution in [1.82, 2.24) is 34.9 Å². The van der Waals surface area contributed by atoms with E-state index in [1.165, 1.54) is 0 Å². The summed E-state index contributed by atoms with van der Waals surface area (Å²) in [6, 6.07) is 3.86. The number of rotatable bonds is 5. The van der Waals surface area contributed by atoms with Crippen LogP contribution in [-0.4, -0.2) is 85.6 Å². The molecule has 2 aliphatic rings. The van der Waals surface area contributed by atoms with Crippen LogP contribution < -0.4 is 22.1 Å². The molecule has 3 aromatic rings. The molecule has 38 heavy (non-hydrogen) atoms. The fourth-order valence-electron chi connectivity index (χ4n) is 5.22. The fourth-order valence-corrected chi connectivity index (χ4v) is 5.62. The van der Waals surface area contributed by atoms with E-state index >= 15 is 0 Å². The van der Waals surface area contributed by atoms with Crippen molar-refractivity contribution in [1.29, 1.82) is 0 Å². The van der Waals surface area contributed by atoms with E-state index in [1.807, 2.05) is 4.90 Å². The van der Waals surface area contributed by atoms with Gasteiger partial charge in [0.1, 0.15) is 11.0 Å². The molecule has 2 aliphatic heterocycles. The number of hydrogen-bond acceptors (Lipinski definition) is 12. The van der Waals surface area contributed by atoms with Crippen molar-refractivity contribution in [3.05, 3.63) is 28.0 Å². The number of amides is 1. The van der Waals surface area contributed by atoms with Gasteiger partial charge >= 0.3 is 0 Å². The zero-order valence-electron chi connectivity index (χ0n) is 20.8. The molecular weight excluding hydrogens is 533 g/mol. The Kier molecular flexibility index (Phi) is 7.41. The number of nitrogens with two attached hydrogens (primary N) is 3. The number of halogens is 2. The lowest BCUT2D eigenvalue weighted by Crippen LogP contribution is -2.58. The van der Waals surface area contributed by atoms with Crippen LogP contribution in [0.3, 0.4) is 0 Å². The van der Waals surface area contributed by atoms with E-state index in [-0.39, 0.29) is 51.4 Å². The number of hydrogen-bond donors (Lipinski definition) is 3. The van der Waals surface area contributed by atoms with Gasteiger partial charge in [0.05, 0.1) is 5.56 Å². The molecule has 5 rings (SSSR count). The topological polar surface area (TPSA) is 182 Å². The summed E-state index contributed by atoms with van der Waals surface area (Å²) in [7, 11) is 0. The lowest BCUT2D eigenvalue weighted by molar-refractivity contribution is 0.0491. The van der Waals surface area contributed by atoms with E-state index in [2.05, 4.69) is 41.8 Å². The van der Waals surface area contributed by atoms with Crippen molar-refractivity contribution >= 4 is 52.5 Å². The minimum absolute atomic E-state index is 0.0235. The minimum atomic E-state index is -0.112. The Morgan fingerprint density at radius 3 is 2.45 bits per heavy atom. The van der Waals surface area contributed by atoms with Gasteiger partial charge in [0.15, 0.2) is 22.5 Å². The summed E-state index contributed by atoms with van der Waals surface area (Å²) in [5, 5.41) is 4.04. The standard InChI is InChI=1S/C23H29Cl2N11O2/c1-2-12-11-35(20-17(25)30-16(19(27)31-20)21-32-23(28)33-38-21)9-10-36(12)13-5-7-34(8-6-13)22(37)14-3-4-15(24)29-18(14)26/h3-4,12-13H,2,5-11H2,1H3,(H2,26,29)(H2,27,31)(H2,28,33)/t12-/m0/s1. The first kappa shape index (κ1) is 26.2. The highest BCUT2D eigenvalue weighted by atomic mass is 35.5. The molecule has 13 nitrogen and oxygen atoms in total. The maximum atomic E-state index is 13.0. The molecule has 15 heteroatoms. The summed E-state index contributed by atoms with van der Waals surface area (Å²) in [5.41, 5.74) is 18.2. The lowest BCUT2D eigenvalue weighted by Gasteiger charge is -2.47. The van der Waals surface area contributed by atoms with Crippen molar-refractivity contribution in [2.75, 3.05) is 54.8 Å². The van der Waals surface area contributed by atoms with Gasteiger partial charge < -0.3 is 31.5 Å². The molecule has 1 amide bonds. The molecule has 202 valence electrons. The Bertz CT molecular complexity index is 1330. The molecule has 5 heterocycles. The third kappa shape index (κ3) is 5.13. The Morgan fingerprint density at radius 2 is 1.79 bits per heavy atom. The van der Waals surface area contributed by atoms with Crippen LogP contribution in [0.5, 0.6) is 0 Å². The highest BCUT2D eigenvalue weighted by Gasteiger charge is 2.35. The summed E-state index contributed by atoms with van der Waals surface area (Å²) in [6.07, 6.45) is 2.69. The van der Waals surface area contributed by atoms with Crippen LogP contribution in [0.1, 0.15) is 36.5 Å². The average molecular weight is 562 g/mol. The number of nitrogen functional groups attached to an aromatic ring is 3. The van der Waals surface area contributed by atoms with Gasteiger partial charge in [0.2, 0.25) is 0 Å². The average Bonchev–Trinajstić information content (AvgIpc) is 3.35. The molecule has 1 atom stereocenters. The molecule has 0 spiro atoms. The van der Waals surface area contributed by atoms with Crippen molar-refractivity contribution in [2.45, 2.75) is 38.3 Å². The number of piperidine rings is 1. The molecule has 2 saturated heterocycles. The Morgan fingerprint density at radius 1 is 1.03 bits per heavy atom. The predicted molar refractivity (Wildman–Crippen MR) is 145 cm³/mol. The molecule has 6 N–H and O–H groups in total. The Hall–Kier alpha value is -3.42. The number of aromatic nitrogens is 5. The van der Waals surface area contributed by atoms with Crippen LogP contribution in [-0.2, 0) is 0 Å². The summed E-state index contributed by atoms with van der Waals surface area (Å²) < 4.78 is 5.06. The minimum Gasteiger partial charge on any atom is -0.383 e. The second-order valence-corrected chi connectivity index (χ2v) is 10.1. The normalized spacial score (nSPS) is 19.2. The summed E-state index contributed by atoms with van der Waals surface area (Å²) in [5.74, 6) is 0.745. The van der Waals surface area contributed by atoms with Gasteiger partial charge in [-0.25, -0.2) is 15.0 Å². The van der Waals surface area contributed by atoms with E-state index in [1.54, 1.807) is 12.1 Å². The maximum Gasteiger partial charge on any atom is 0.282 e. The summed E-state index contributed by atoms with van der Waals surface area (Å²) in [4.78, 5) is 36.3. The molecule has 3 aromatic heterocycles. The number of carbonyl (C=O) groups is 1. The quantitative estimate of drug-likeness (QED) is 0.386. The number of pyridine rings is 1. The Balaban J connectivity index is 1.23. The monoisotopic (exact) mass is 561 g/mol. The van der Waals surface area contributed by atoms with Crippen molar-refractivity contribution < 1.29 is 9.32 Å². The van der Waals surface area contributed by atoms with Crippen LogP contribution in [0, 0.1) is 0 Å². The van der Waals surface area contributed by atoms with E-state index in [9.17, 15) is 4.79 Å². The molecule has 0 aromatic carbocycles. The van der Waals surface area contributed by atoms with Crippen LogP contribution in [0.2, 0.25) is 10.3 Å². The van der Waals surface area contributed by atoms with Crippen molar-refractivity contribution in [3.63, 3.8) is 0 Å². The van der Waals surface area contributed by atoms with Crippen LogP contribution in [0.25, 0.3) is 11.6 Å². The third-order valence-electron chi connectivity index (χ3n) is 7.15. The van der Waals surface area contributed by atoms with Gasteiger partial charge in [-0.15, -0.1) is 0 Å². The smallest absolute Gasteiger partial charge is 0.282 e. The first-order chi connectivity index (χ1) is 18.2. The number of anilines is 4. The third-order valence-corrected chi connectivity index (χ3v) is 7.61. The van der Waals surface area contributed by atoms with Gasteiger partial charge in [-0.05, 0) is 36.6 Å². The lowest BCUT2D eigenvalue weighted by atomic mass is 9.97. The van der Waals surface area contributed by atoms with Gasteiger partial charge in [0, 0.05) is 44.8 Å². The number of nitrogens with zero attached hydrogens (tertiary/aromatic N) is 8. The summed E-state index contributed by atoms with van der Waals surface area (Å²) >= 11 is 12.4. The zero-order chi connectivity index (χ0) is 27.0. The van der Waals surface area contributed by atoms with E-state index in [0.717, 1.165) is 32.4 Å². The maximum absolute atomic E-state index is 13.0. The SMILES string of the molecule is CC[C@H]1CN(c2nc(N)c(-c3nc(N)no3)nc2Cl)CCN1C1CCN(C(=O)c2ccc(Cl)nc2N)CC1. The molecule has 0 bridgehead atoms. The molecular formula is C23H29Cl2N11O2. The largest absolute Gasteiger partial charge is 0.383 e. The molecule has 0 radical (unpaired) electrons. The fraction of sp³-hybridized carbons (Fsp3) is 0.478. The van der Waals surface area contributed by atoms with Crippen molar-refractivity contribution in [3.8, 4) is 11.6 Å². The zero-order valence-corrected chi connectivity index (χ0v) is 22.4. The van der Waals surface area contributed by atoms with Crippen molar-refractivity contribution in [2.24, 2.45) is 0 Å². The predicted octanol–water partition coefficient (Wildman–Crippen LogP) is 2.18. The van der Waals surface area contributed by atoms with Crippen LogP contribution >= 0.6 is 23.2 Å². The van der Waals surface area contributed by atoms with Gasteiger partial charge in [-0.2, -0.15) is 4.98 Å². The second kappa shape index (κ2) is 10.8. The van der Waals surface area contributed by atoms with Crippen LogP contribution in [0.4, 0.5) is 23.4 Å². The first-order valence-electron chi connectivity index (χ1n) is 12.4. The van der Waals surface area contributed by atoms with Gasteiger partial charge in [-0.3, -0.25) is 9.69 Å². The van der Waals surface area contributed by atoms with E-state index in [4.69, 9.17) is 44.9 Å². The van der Waals surface area contributed by atoms with Gasteiger partial charge in [-0.1, -0.05) is 30.1 Å². The number of carbonyl (C=O) groups excluding carboxylic acids is 1. The summed E-state index contributed by atoms with van der Waals surface area (Å²) in [6.45, 7) is 5.73. The highest BCUT2D eigenvalue weighted by molar-refractivity contribution is 6.32. The Labute approximate surface area is 229 Å².